The summed E-state index contributed by atoms with van der Waals surface area (Å²) in [4.78, 5) is 16.7. The van der Waals surface area contributed by atoms with E-state index in [1.807, 2.05) is 6.07 Å². The van der Waals surface area contributed by atoms with Gasteiger partial charge >= 0.3 is 5.92 Å². The molecule has 0 aliphatic carbocycles. The fraction of sp³-hybridized carbons (Fsp3) is 0.286. The predicted octanol–water partition coefficient (Wildman–Crippen LogP) is 3.98. The Labute approximate surface area is 185 Å². The number of ether oxygens (including phenoxy) is 2. The Morgan fingerprint density at radius 3 is 2.30 bits per heavy atom. The minimum absolute atomic E-state index is 0.0889. The molecule has 12 heteroatoms. The van der Waals surface area contributed by atoms with Gasteiger partial charge in [-0.2, -0.15) is 22.8 Å². The first-order valence-electron chi connectivity index (χ1n) is 9.39. The monoisotopic (exact) mass is 463 g/mol. The number of aromatic nitrogens is 4. The van der Waals surface area contributed by atoms with Crippen molar-refractivity contribution in [3.63, 3.8) is 0 Å². The molecular weight excluding hydrogens is 446 g/mol. The molecule has 0 aliphatic rings. The maximum atomic E-state index is 14.2. The van der Waals surface area contributed by atoms with Crippen LogP contribution in [-0.4, -0.2) is 26.9 Å². The largest absolute Gasteiger partial charge is 0.480 e. The van der Waals surface area contributed by atoms with Crippen molar-refractivity contribution in [3.8, 4) is 23.4 Å². The van der Waals surface area contributed by atoms with E-state index >= 15 is 0 Å². The lowest BCUT2D eigenvalue weighted by atomic mass is 10.2. The number of hydrogen-bond donors (Lipinski definition) is 0. The number of benzene rings is 1. The van der Waals surface area contributed by atoms with Gasteiger partial charge in [-0.3, -0.25) is 9.36 Å². The van der Waals surface area contributed by atoms with E-state index in [1.165, 1.54) is 31.4 Å². The van der Waals surface area contributed by atoms with Gasteiger partial charge in [0.15, 0.2) is 5.82 Å². The summed E-state index contributed by atoms with van der Waals surface area (Å²) in [5, 5.41) is 15.8. The molecule has 172 valence electrons. The SMILES string of the molecule is COc1nnc(C(C)(F)F)cc1Cn1c(C(C)(F)F)ncc(Oc2ccc(C#N)cc2)c1=O. The molecule has 0 fully saturated rings. The number of alkyl halides is 4. The molecular formula is C21H17F4N5O3. The average Bonchev–Trinajstić information content (AvgIpc) is 2.75. The molecule has 8 nitrogen and oxygen atoms in total. The Morgan fingerprint density at radius 1 is 1.09 bits per heavy atom. The quantitative estimate of drug-likeness (QED) is 0.489. The van der Waals surface area contributed by atoms with E-state index in [4.69, 9.17) is 14.7 Å². The highest BCUT2D eigenvalue weighted by Crippen LogP contribution is 2.30. The van der Waals surface area contributed by atoms with Crippen molar-refractivity contribution in [2.45, 2.75) is 32.2 Å². The highest BCUT2D eigenvalue weighted by Gasteiger charge is 2.33. The second-order valence-corrected chi connectivity index (χ2v) is 7.12. The zero-order valence-corrected chi connectivity index (χ0v) is 17.6. The second-order valence-electron chi connectivity index (χ2n) is 7.12. The third-order valence-corrected chi connectivity index (χ3v) is 4.43. The maximum absolute atomic E-state index is 14.2. The Balaban J connectivity index is 2.11. The van der Waals surface area contributed by atoms with Gasteiger partial charge in [0.1, 0.15) is 11.4 Å². The first-order chi connectivity index (χ1) is 15.4. The summed E-state index contributed by atoms with van der Waals surface area (Å²) >= 11 is 0. The smallest absolute Gasteiger partial charge is 0.302 e. The topological polar surface area (TPSA) is 103 Å². The van der Waals surface area contributed by atoms with Gasteiger partial charge in [-0.05, 0) is 30.3 Å². The zero-order valence-electron chi connectivity index (χ0n) is 17.6. The normalized spacial score (nSPS) is 11.7. The fourth-order valence-corrected chi connectivity index (χ4v) is 2.85. The van der Waals surface area contributed by atoms with Crippen molar-refractivity contribution >= 4 is 0 Å². The van der Waals surface area contributed by atoms with E-state index in [2.05, 4.69) is 15.2 Å². The predicted molar refractivity (Wildman–Crippen MR) is 107 cm³/mol. The van der Waals surface area contributed by atoms with Crippen LogP contribution in [-0.2, 0) is 18.4 Å². The van der Waals surface area contributed by atoms with Gasteiger partial charge in [-0.1, -0.05) is 0 Å². The van der Waals surface area contributed by atoms with Gasteiger partial charge < -0.3 is 9.47 Å². The Hall–Kier alpha value is -4.01. The minimum atomic E-state index is -3.54. The first kappa shape index (κ1) is 23.6. The molecule has 3 rings (SSSR count). The highest BCUT2D eigenvalue weighted by molar-refractivity contribution is 5.37. The van der Waals surface area contributed by atoms with Crippen molar-refractivity contribution in [2.75, 3.05) is 7.11 Å². The Bertz CT molecular complexity index is 1260. The van der Waals surface area contributed by atoms with Crippen LogP contribution in [0.1, 0.15) is 36.5 Å². The van der Waals surface area contributed by atoms with Crippen LogP contribution in [0, 0.1) is 11.3 Å². The number of rotatable bonds is 7. The molecule has 0 saturated heterocycles. The van der Waals surface area contributed by atoms with Gasteiger partial charge in [-0.25, -0.2) is 4.98 Å². The summed E-state index contributed by atoms with van der Waals surface area (Å²) < 4.78 is 67.0. The number of nitriles is 1. The zero-order chi connectivity index (χ0) is 24.4. The second kappa shape index (κ2) is 8.85. The molecule has 0 atom stereocenters. The van der Waals surface area contributed by atoms with Crippen LogP contribution < -0.4 is 15.0 Å². The summed E-state index contributed by atoms with van der Waals surface area (Å²) in [6.45, 7) is 0.523. The molecule has 2 aromatic heterocycles. The molecule has 0 saturated carbocycles. The lowest BCUT2D eigenvalue weighted by Crippen LogP contribution is -2.31. The number of halogens is 4. The molecule has 33 heavy (non-hydrogen) atoms. The number of nitrogens with zero attached hydrogens (tertiary/aromatic N) is 5. The fourth-order valence-electron chi connectivity index (χ4n) is 2.85. The molecule has 0 spiro atoms. The summed E-state index contributed by atoms with van der Waals surface area (Å²) in [7, 11) is 1.19. The van der Waals surface area contributed by atoms with E-state index in [9.17, 15) is 22.4 Å². The van der Waals surface area contributed by atoms with Gasteiger partial charge in [0.25, 0.3) is 11.5 Å². The van der Waals surface area contributed by atoms with Crippen molar-refractivity contribution in [2.24, 2.45) is 0 Å². The van der Waals surface area contributed by atoms with Crippen LogP contribution in [0.3, 0.4) is 0 Å². The third-order valence-electron chi connectivity index (χ3n) is 4.43. The van der Waals surface area contributed by atoms with Crippen LogP contribution in [0.5, 0.6) is 17.4 Å². The number of hydrogen-bond acceptors (Lipinski definition) is 7. The van der Waals surface area contributed by atoms with Crippen molar-refractivity contribution < 1.29 is 27.0 Å². The molecule has 0 radical (unpaired) electrons. The molecule has 0 aliphatic heterocycles. The lowest BCUT2D eigenvalue weighted by molar-refractivity contribution is 0.00236. The maximum Gasteiger partial charge on any atom is 0.302 e. The molecule has 3 aromatic rings. The number of methoxy groups -OCH3 is 1. The van der Waals surface area contributed by atoms with Crippen molar-refractivity contribution in [1.82, 2.24) is 19.7 Å². The van der Waals surface area contributed by atoms with Gasteiger partial charge in [-0.15, -0.1) is 10.2 Å². The third kappa shape index (κ3) is 5.25. The van der Waals surface area contributed by atoms with Crippen LogP contribution in [0.4, 0.5) is 17.6 Å². The van der Waals surface area contributed by atoms with Crippen LogP contribution in [0.2, 0.25) is 0 Å². The molecule has 0 amide bonds. The van der Waals surface area contributed by atoms with Gasteiger partial charge in [0, 0.05) is 19.4 Å². The van der Waals surface area contributed by atoms with E-state index < -0.39 is 41.2 Å². The van der Waals surface area contributed by atoms with Crippen LogP contribution in [0.15, 0.2) is 41.3 Å². The summed E-state index contributed by atoms with van der Waals surface area (Å²) in [6, 6.07) is 8.55. The summed E-state index contributed by atoms with van der Waals surface area (Å²) in [5.41, 5.74) is -1.46. The van der Waals surface area contributed by atoms with Gasteiger partial charge in [0.2, 0.25) is 11.6 Å². The minimum Gasteiger partial charge on any atom is -0.480 e. The van der Waals surface area contributed by atoms with E-state index in [-0.39, 0.29) is 17.2 Å². The molecule has 0 bridgehead atoms. The van der Waals surface area contributed by atoms with Crippen molar-refractivity contribution in [1.29, 1.82) is 5.26 Å². The molecule has 0 N–H and O–H groups in total. The molecule has 2 heterocycles. The van der Waals surface area contributed by atoms with E-state index in [1.54, 1.807) is 0 Å². The van der Waals surface area contributed by atoms with Crippen LogP contribution in [0.25, 0.3) is 0 Å². The van der Waals surface area contributed by atoms with Gasteiger partial charge in [0.05, 0.1) is 31.5 Å². The Morgan fingerprint density at radius 2 is 1.76 bits per heavy atom. The van der Waals surface area contributed by atoms with Crippen LogP contribution >= 0.6 is 0 Å². The molecule has 1 aromatic carbocycles. The lowest BCUT2D eigenvalue weighted by Gasteiger charge is -2.19. The standard InChI is InChI=1S/C21H17F4N5O3/c1-20(22,23)16-8-13(17(32-3)29-28-16)11-30-18(31)15(10-27-19(30)21(2,24)25)33-14-6-4-12(9-26)5-7-14/h4-8,10H,11H2,1-3H3. The highest BCUT2D eigenvalue weighted by atomic mass is 19.3. The summed E-state index contributed by atoms with van der Waals surface area (Å²) in [6.07, 6.45) is 0.845. The van der Waals surface area contributed by atoms with E-state index in [0.29, 0.717) is 24.0 Å². The van der Waals surface area contributed by atoms with E-state index in [0.717, 1.165) is 12.3 Å². The molecule has 0 unspecified atom stereocenters. The van der Waals surface area contributed by atoms with Crippen molar-refractivity contribution in [3.05, 3.63) is 69.5 Å². The first-order valence-corrected chi connectivity index (χ1v) is 9.39. The summed E-state index contributed by atoms with van der Waals surface area (Å²) in [5.74, 6) is -8.28. The average molecular weight is 463 g/mol. The Kier molecular flexibility index (Phi) is 6.34.